The Bertz CT molecular complexity index is 1350. The molecule has 0 bridgehead atoms. The van der Waals surface area contributed by atoms with Crippen LogP contribution in [-0.4, -0.2) is 92.3 Å². The van der Waals surface area contributed by atoms with Crippen molar-refractivity contribution in [2.75, 3.05) is 45.9 Å². The minimum Gasteiger partial charge on any atom is -0.451 e. The Hall–Kier alpha value is -3.37. The largest absolute Gasteiger partial charge is 0.451 e. The van der Waals surface area contributed by atoms with Crippen molar-refractivity contribution >= 4 is 39.4 Å². The third-order valence-electron chi connectivity index (χ3n) is 6.10. The van der Waals surface area contributed by atoms with Crippen LogP contribution in [0.5, 0.6) is 11.5 Å². The van der Waals surface area contributed by atoms with Crippen molar-refractivity contribution in [1.29, 1.82) is 0 Å². The first-order valence-corrected chi connectivity index (χ1v) is 13.4. The van der Waals surface area contributed by atoms with Crippen LogP contribution >= 0.6 is 11.6 Å². The molecule has 2 saturated heterocycles. The summed E-state index contributed by atoms with van der Waals surface area (Å²) >= 11 is 5.78. The zero-order chi connectivity index (χ0) is 28.3. The van der Waals surface area contributed by atoms with Crippen LogP contribution in [0.25, 0.3) is 0 Å². The summed E-state index contributed by atoms with van der Waals surface area (Å²) in [6.07, 6.45) is 0. The van der Waals surface area contributed by atoms with Crippen molar-refractivity contribution < 1.29 is 45.9 Å². The fourth-order valence-electron chi connectivity index (χ4n) is 4.08. The van der Waals surface area contributed by atoms with Crippen LogP contribution in [-0.2, 0) is 34.0 Å². The molecular formula is C23H23ClF2N4O8S. The van der Waals surface area contributed by atoms with Gasteiger partial charge in [-0.15, -0.1) is 0 Å². The highest BCUT2D eigenvalue weighted by Crippen LogP contribution is 2.32. The fourth-order valence-corrected chi connectivity index (χ4v) is 5.80. The lowest BCUT2D eigenvalue weighted by Gasteiger charge is -2.39. The molecule has 0 unspecified atom stereocenters. The van der Waals surface area contributed by atoms with Gasteiger partial charge in [-0.3, -0.25) is 9.59 Å². The number of hydrogen-bond acceptors (Lipinski definition) is 9. The highest BCUT2D eigenvalue weighted by atomic mass is 35.5. The van der Waals surface area contributed by atoms with Crippen LogP contribution in [0.4, 0.5) is 8.78 Å². The molecule has 4 rings (SSSR count). The summed E-state index contributed by atoms with van der Waals surface area (Å²) in [6.45, 7) is -0.452. The number of nitrogens with two attached hydrogens (primary N) is 1. The van der Waals surface area contributed by atoms with Crippen LogP contribution in [0.1, 0.15) is 0 Å². The average Bonchev–Trinajstić information content (AvgIpc) is 2.94. The SMILES string of the molecule is NOC(=O)[C@H]1CN(C(=O)C(=O)N2CCOCC2)CCN1S(=O)(=O)c1cc(F)c(Oc2ccc(Cl)cc2)c(F)c1. The molecule has 2 N–H and O–H groups in total. The molecule has 2 aromatic rings. The monoisotopic (exact) mass is 588 g/mol. The Labute approximate surface area is 226 Å². The summed E-state index contributed by atoms with van der Waals surface area (Å²) in [6, 6.07) is 4.97. The summed E-state index contributed by atoms with van der Waals surface area (Å²) in [5, 5.41) is 0.363. The number of carbonyl (C=O) groups excluding carboxylic acids is 3. The lowest BCUT2D eigenvalue weighted by Crippen LogP contribution is -2.61. The predicted molar refractivity (Wildman–Crippen MR) is 130 cm³/mol. The van der Waals surface area contributed by atoms with Gasteiger partial charge in [0, 0.05) is 37.7 Å². The van der Waals surface area contributed by atoms with Gasteiger partial charge >= 0.3 is 17.8 Å². The molecule has 0 radical (unpaired) electrons. The number of benzene rings is 2. The maximum atomic E-state index is 14.8. The van der Waals surface area contributed by atoms with Crippen molar-refractivity contribution in [3.8, 4) is 11.5 Å². The zero-order valence-corrected chi connectivity index (χ0v) is 21.8. The molecule has 2 aliphatic heterocycles. The second-order valence-corrected chi connectivity index (χ2v) is 10.8. The molecule has 2 fully saturated rings. The summed E-state index contributed by atoms with van der Waals surface area (Å²) < 4.78 is 67.4. The molecule has 1 atom stereocenters. The number of hydrogen-bond donors (Lipinski definition) is 1. The van der Waals surface area contributed by atoms with Crippen molar-refractivity contribution in [3.63, 3.8) is 0 Å². The van der Waals surface area contributed by atoms with E-state index in [-0.39, 0.29) is 38.6 Å². The first-order valence-electron chi connectivity index (χ1n) is 11.5. The van der Waals surface area contributed by atoms with Crippen LogP contribution in [0, 0.1) is 11.6 Å². The van der Waals surface area contributed by atoms with Gasteiger partial charge < -0.3 is 24.1 Å². The Morgan fingerprint density at radius 1 is 0.949 bits per heavy atom. The van der Waals surface area contributed by atoms with Gasteiger partial charge in [-0.1, -0.05) is 11.6 Å². The van der Waals surface area contributed by atoms with Gasteiger partial charge in [-0.2, -0.15) is 10.2 Å². The normalized spacial score (nSPS) is 18.5. The first kappa shape index (κ1) is 28.6. The van der Waals surface area contributed by atoms with Crippen molar-refractivity contribution in [1.82, 2.24) is 14.1 Å². The molecule has 16 heteroatoms. The average molecular weight is 589 g/mol. The number of nitrogens with zero attached hydrogens (tertiary/aromatic N) is 3. The highest BCUT2D eigenvalue weighted by molar-refractivity contribution is 7.89. The Balaban J connectivity index is 1.56. The molecule has 12 nitrogen and oxygen atoms in total. The van der Waals surface area contributed by atoms with E-state index in [9.17, 15) is 31.6 Å². The van der Waals surface area contributed by atoms with E-state index in [1.54, 1.807) is 0 Å². The second kappa shape index (κ2) is 11.8. The Morgan fingerprint density at radius 2 is 1.54 bits per heavy atom. The molecule has 0 saturated carbocycles. The molecule has 0 aromatic heterocycles. The second-order valence-electron chi connectivity index (χ2n) is 8.50. The van der Waals surface area contributed by atoms with E-state index in [1.807, 2.05) is 0 Å². The van der Waals surface area contributed by atoms with E-state index in [2.05, 4.69) is 4.84 Å². The predicted octanol–water partition coefficient (Wildman–Crippen LogP) is 0.888. The summed E-state index contributed by atoms with van der Waals surface area (Å²) in [4.78, 5) is 43.5. The van der Waals surface area contributed by atoms with Crippen molar-refractivity contribution in [3.05, 3.63) is 53.1 Å². The lowest BCUT2D eigenvalue weighted by molar-refractivity contribution is -0.158. The fraction of sp³-hybridized carbons (Fsp3) is 0.348. The third kappa shape index (κ3) is 6.12. The number of carbonyl (C=O) groups is 3. The number of sulfonamides is 1. The van der Waals surface area contributed by atoms with Gasteiger partial charge in [-0.25, -0.2) is 22.0 Å². The van der Waals surface area contributed by atoms with E-state index in [0.717, 1.165) is 4.90 Å². The Kier molecular flexibility index (Phi) is 8.66. The minimum absolute atomic E-state index is 0.0472. The maximum Gasteiger partial charge on any atom is 0.344 e. The van der Waals surface area contributed by atoms with Crippen molar-refractivity contribution in [2.45, 2.75) is 10.9 Å². The lowest BCUT2D eigenvalue weighted by atomic mass is 10.2. The van der Waals surface area contributed by atoms with Crippen LogP contribution in [0.2, 0.25) is 5.02 Å². The number of piperazine rings is 1. The van der Waals surface area contributed by atoms with Gasteiger partial charge in [0.1, 0.15) is 11.8 Å². The molecule has 39 heavy (non-hydrogen) atoms. The molecule has 2 aliphatic rings. The smallest absolute Gasteiger partial charge is 0.344 e. The molecule has 210 valence electrons. The molecule has 0 aliphatic carbocycles. The third-order valence-corrected chi connectivity index (χ3v) is 8.24. The minimum atomic E-state index is -4.72. The van der Waals surface area contributed by atoms with Crippen LogP contribution in [0.3, 0.4) is 0 Å². The van der Waals surface area contributed by atoms with Gasteiger partial charge in [0.25, 0.3) is 0 Å². The quantitative estimate of drug-likeness (QED) is 0.397. The molecular weight excluding hydrogens is 566 g/mol. The number of halogens is 3. The van der Waals surface area contributed by atoms with E-state index >= 15 is 0 Å². The zero-order valence-electron chi connectivity index (χ0n) is 20.2. The van der Waals surface area contributed by atoms with Crippen molar-refractivity contribution in [2.24, 2.45) is 5.90 Å². The number of rotatable bonds is 5. The topological polar surface area (TPSA) is 149 Å². The highest BCUT2D eigenvalue weighted by Gasteiger charge is 2.44. The van der Waals surface area contributed by atoms with Gasteiger partial charge in [0.2, 0.25) is 10.0 Å². The van der Waals surface area contributed by atoms with Gasteiger partial charge in [0.15, 0.2) is 17.4 Å². The summed E-state index contributed by atoms with van der Waals surface area (Å²) in [7, 11) is -4.72. The van der Waals surface area contributed by atoms with E-state index in [1.165, 1.54) is 29.2 Å². The van der Waals surface area contributed by atoms with Gasteiger partial charge in [0.05, 0.1) is 18.1 Å². The standard InChI is InChI=1S/C23H23ClF2N4O8S/c24-14-1-3-15(4-2-14)37-20-17(25)11-16(12-18(20)26)39(34,35)30-6-5-29(13-19(30)23(33)38-27)22(32)21(31)28-7-9-36-10-8-28/h1-4,11-12,19H,5-10,13,27H2/t19-/m1/s1. The van der Waals surface area contributed by atoms with E-state index < -0.39 is 69.2 Å². The molecule has 2 amide bonds. The Morgan fingerprint density at radius 3 is 2.13 bits per heavy atom. The molecule has 2 aromatic carbocycles. The van der Waals surface area contributed by atoms with E-state index in [0.29, 0.717) is 21.5 Å². The van der Waals surface area contributed by atoms with Gasteiger partial charge in [-0.05, 0) is 36.4 Å². The number of morpholine rings is 1. The summed E-state index contributed by atoms with van der Waals surface area (Å²) in [5.74, 6) is -1.50. The van der Waals surface area contributed by atoms with Crippen LogP contribution < -0.4 is 10.6 Å². The summed E-state index contributed by atoms with van der Waals surface area (Å²) in [5.41, 5.74) is 0. The number of amides is 2. The molecule has 0 spiro atoms. The maximum absolute atomic E-state index is 14.8. The first-order chi connectivity index (χ1) is 18.5. The van der Waals surface area contributed by atoms with Crippen LogP contribution in [0.15, 0.2) is 41.3 Å². The van der Waals surface area contributed by atoms with E-state index in [4.69, 9.17) is 27.0 Å². The number of ether oxygens (including phenoxy) is 2. The molecule has 2 heterocycles.